The molecule has 0 heterocycles. The van der Waals surface area contributed by atoms with Crippen molar-refractivity contribution < 1.29 is 14.3 Å². The van der Waals surface area contributed by atoms with E-state index < -0.39 is 12.0 Å². The zero-order valence-corrected chi connectivity index (χ0v) is 17.0. The molecule has 1 aromatic rings. The zero-order valence-electron chi connectivity index (χ0n) is 13.8. The van der Waals surface area contributed by atoms with Crippen LogP contribution in [0.2, 0.25) is 0 Å². The molecule has 1 atom stereocenters. The predicted molar refractivity (Wildman–Crippen MR) is 101 cm³/mol. The zero-order chi connectivity index (χ0) is 17.4. The molecule has 0 radical (unpaired) electrons. The highest BCUT2D eigenvalue weighted by molar-refractivity contribution is 9.10. The quantitative estimate of drug-likeness (QED) is 0.515. The van der Waals surface area contributed by atoms with Gasteiger partial charge in [0.05, 0.1) is 12.9 Å². The third kappa shape index (κ3) is 6.77. The van der Waals surface area contributed by atoms with Crippen molar-refractivity contribution in [3.05, 3.63) is 27.7 Å². The first-order valence-corrected chi connectivity index (χ1v) is 10.3. The minimum Gasteiger partial charge on any atom is -0.467 e. The van der Waals surface area contributed by atoms with Gasteiger partial charge in [-0.05, 0) is 55.5 Å². The van der Waals surface area contributed by atoms with Crippen LogP contribution in [0.1, 0.15) is 17.5 Å². The molecule has 1 rings (SSSR count). The number of hydrogen-bond donors (Lipinski definition) is 1. The standard InChI is InChI=1S/C16H22BrNO3S2/c1-10-8-14(11(2)7-12(10)17)23-9-15(19)18-13(5-6-22-4)16(20)21-3/h7-8,13H,5-6,9H2,1-4H3,(H,18,19)/t13-/m0/s1. The number of benzene rings is 1. The summed E-state index contributed by atoms with van der Waals surface area (Å²) in [6, 6.07) is 3.53. The average Bonchev–Trinajstić information content (AvgIpc) is 2.52. The van der Waals surface area contributed by atoms with Crippen LogP contribution in [0.4, 0.5) is 0 Å². The molecule has 0 saturated heterocycles. The van der Waals surface area contributed by atoms with Crippen LogP contribution in [0.25, 0.3) is 0 Å². The molecule has 0 fully saturated rings. The van der Waals surface area contributed by atoms with Crippen molar-refractivity contribution in [1.29, 1.82) is 0 Å². The van der Waals surface area contributed by atoms with Gasteiger partial charge < -0.3 is 10.1 Å². The van der Waals surface area contributed by atoms with Crippen molar-refractivity contribution in [1.82, 2.24) is 5.32 Å². The number of amides is 1. The monoisotopic (exact) mass is 419 g/mol. The highest BCUT2D eigenvalue weighted by atomic mass is 79.9. The topological polar surface area (TPSA) is 55.4 Å². The van der Waals surface area contributed by atoms with Crippen LogP contribution in [0, 0.1) is 13.8 Å². The van der Waals surface area contributed by atoms with E-state index in [-0.39, 0.29) is 11.7 Å². The summed E-state index contributed by atoms with van der Waals surface area (Å²) in [5.41, 5.74) is 2.25. The Bertz CT molecular complexity index is 567. The minimum atomic E-state index is -0.576. The van der Waals surface area contributed by atoms with Crippen molar-refractivity contribution in [2.45, 2.75) is 31.2 Å². The maximum atomic E-state index is 12.1. The molecule has 4 nitrogen and oxygen atoms in total. The summed E-state index contributed by atoms with van der Waals surface area (Å²) in [6.07, 6.45) is 2.53. The van der Waals surface area contributed by atoms with Gasteiger partial charge in [0.25, 0.3) is 0 Å². The van der Waals surface area contributed by atoms with E-state index in [1.165, 1.54) is 18.9 Å². The second-order valence-electron chi connectivity index (χ2n) is 5.08. The fraction of sp³-hybridized carbons (Fsp3) is 0.500. The van der Waals surface area contributed by atoms with E-state index >= 15 is 0 Å². The Morgan fingerprint density at radius 1 is 1.30 bits per heavy atom. The second-order valence-corrected chi connectivity index (χ2v) is 7.94. The van der Waals surface area contributed by atoms with Crippen LogP contribution in [-0.2, 0) is 14.3 Å². The number of hydrogen-bond acceptors (Lipinski definition) is 5. The number of rotatable bonds is 8. The van der Waals surface area contributed by atoms with E-state index in [4.69, 9.17) is 4.74 Å². The van der Waals surface area contributed by atoms with Crippen LogP contribution in [-0.4, -0.2) is 42.8 Å². The van der Waals surface area contributed by atoms with Crippen LogP contribution < -0.4 is 5.32 Å². The number of esters is 1. The lowest BCUT2D eigenvalue weighted by Gasteiger charge is -2.16. The number of ether oxygens (including phenoxy) is 1. The molecule has 1 amide bonds. The number of methoxy groups -OCH3 is 1. The van der Waals surface area contributed by atoms with Gasteiger partial charge in [-0.15, -0.1) is 11.8 Å². The van der Waals surface area contributed by atoms with E-state index in [1.807, 2.05) is 26.2 Å². The third-order valence-electron chi connectivity index (χ3n) is 3.25. The lowest BCUT2D eigenvalue weighted by Crippen LogP contribution is -2.42. The van der Waals surface area contributed by atoms with Gasteiger partial charge in [0.1, 0.15) is 6.04 Å². The molecule has 0 aliphatic heterocycles. The Morgan fingerprint density at radius 2 is 2.00 bits per heavy atom. The lowest BCUT2D eigenvalue weighted by molar-refractivity contribution is -0.144. The first-order valence-electron chi connectivity index (χ1n) is 7.14. The molecule has 0 spiro atoms. The first kappa shape index (κ1) is 20.4. The van der Waals surface area contributed by atoms with E-state index in [0.717, 1.165) is 26.2 Å². The van der Waals surface area contributed by atoms with Gasteiger partial charge in [0.15, 0.2) is 0 Å². The van der Waals surface area contributed by atoms with Crippen LogP contribution >= 0.6 is 39.5 Å². The fourth-order valence-corrected chi connectivity index (χ4v) is 3.76. The van der Waals surface area contributed by atoms with Crippen LogP contribution in [0.3, 0.4) is 0 Å². The van der Waals surface area contributed by atoms with Crippen LogP contribution in [0.5, 0.6) is 0 Å². The molecule has 0 aliphatic carbocycles. The van der Waals surface area contributed by atoms with Crippen molar-refractivity contribution in [3.63, 3.8) is 0 Å². The van der Waals surface area contributed by atoms with Gasteiger partial charge in [-0.1, -0.05) is 15.9 Å². The number of carbonyl (C=O) groups is 2. The number of thioether (sulfide) groups is 2. The molecule has 0 bridgehead atoms. The van der Waals surface area contributed by atoms with Crippen LogP contribution in [0.15, 0.2) is 21.5 Å². The number of aryl methyl sites for hydroxylation is 2. The van der Waals surface area contributed by atoms with Gasteiger partial charge in [0, 0.05) is 9.37 Å². The van der Waals surface area contributed by atoms with Gasteiger partial charge >= 0.3 is 5.97 Å². The summed E-state index contributed by atoms with van der Waals surface area (Å²) in [5, 5.41) is 2.76. The van der Waals surface area contributed by atoms with Crippen molar-refractivity contribution in [2.24, 2.45) is 0 Å². The molecule has 1 aromatic carbocycles. The summed E-state index contributed by atoms with van der Waals surface area (Å²) < 4.78 is 5.81. The smallest absolute Gasteiger partial charge is 0.328 e. The first-order chi connectivity index (χ1) is 10.9. The molecular weight excluding hydrogens is 398 g/mol. The maximum Gasteiger partial charge on any atom is 0.328 e. The van der Waals surface area contributed by atoms with Crippen molar-refractivity contribution >= 4 is 51.3 Å². The predicted octanol–water partition coefficient (Wildman–Crippen LogP) is 3.57. The molecule has 0 aromatic heterocycles. The summed E-state index contributed by atoms with van der Waals surface area (Å²) >= 11 is 6.60. The molecule has 0 aliphatic rings. The van der Waals surface area contributed by atoms with E-state index in [2.05, 4.69) is 27.3 Å². The number of carbonyl (C=O) groups excluding carboxylic acids is 2. The highest BCUT2D eigenvalue weighted by Crippen LogP contribution is 2.28. The van der Waals surface area contributed by atoms with E-state index in [1.54, 1.807) is 11.8 Å². The van der Waals surface area contributed by atoms with Gasteiger partial charge in [0.2, 0.25) is 5.91 Å². The summed E-state index contributed by atoms with van der Waals surface area (Å²) in [6.45, 7) is 4.03. The Labute approximate surface area is 154 Å². The second kappa shape index (κ2) is 10.3. The number of nitrogens with one attached hydrogen (secondary N) is 1. The van der Waals surface area contributed by atoms with E-state index in [0.29, 0.717) is 6.42 Å². The van der Waals surface area contributed by atoms with Gasteiger partial charge in [-0.3, -0.25) is 4.79 Å². The highest BCUT2D eigenvalue weighted by Gasteiger charge is 2.21. The number of halogens is 1. The van der Waals surface area contributed by atoms with Gasteiger partial charge in [-0.2, -0.15) is 11.8 Å². The molecule has 1 N–H and O–H groups in total. The Morgan fingerprint density at radius 3 is 2.61 bits per heavy atom. The Hall–Kier alpha value is -0.660. The molecule has 7 heteroatoms. The summed E-state index contributed by atoms with van der Waals surface area (Å²) in [4.78, 5) is 24.9. The molecule has 23 heavy (non-hydrogen) atoms. The Kier molecular flexibility index (Phi) is 9.09. The Balaban J connectivity index is 2.61. The van der Waals surface area contributed by atoms with E-state index in [9.17, 15) is 9.59 Å². The fourth-order valence-electron chi connectivity index (χ4n) is 1.92. The molecule has 0 saturated carbocycles. The summed E-state index contributed by atoms with van der Waals surface area (Å²) in [7, 11) is 1.34. The molecule has 0 unspecified atom stereocenters. The minimum absolute atomic E-state index is 0.161. The third-order valence-corrected chi connectivity index (χ3v) is 5.90. The molecular formula is C16H22BrNO3S2. The maximum absolute atomic E-state index is 12.1. The van der Waals surface area contributed by atoms with Gasteiger partial charge in [-0.25, -0.2) is 4.79 Å². The van der Waals surface area contributed by atoms with Crippen molar-refractivity contribution in [2.75, 3.05) is 24.9 Å². The molecule has 128 valence electrons. The SMILES string of the molecule is COC(=O)[C@H](CCSC)NC(=O)CSc1cc(C)c(Br)cc1C. The normalized spacial score (nSPS) is 11.9. The summed E-state index contributed by atoms with van der Waals surface area (Å²) in [5.74, 6) is 0.506. The van der Waals surface area contributed by atoms with Crippen molar-refractivity contribution in [3.8, 4) is 0 Å². The average molecular weight is 420 g/mol. The largest absolute Gasteiger partial charge is 0.467 e. The lowest BCUT2D eigenvalue weighted by atomic mass is 10.2.